The minimum Gasteiger partial charge on any atom is -0.309 e. The molecule has 0 aliphatic heterocycles. The Bertz CT molecular complexity index is 1450. The van der Waals surface area contributed by atoms with E-state index in [1.54, 1.807) is 28.8 Å². The van der Waals surface area contributed by atoms with Gasteiger partial charge >= 0.3 is 0 Å². The number of amides is 1. The number of carbonyl (C=O) groups excluding carboxylic acids is 1. The number of para-hydroxylation sites is 1. The second kappa shape index (κ2) is 11.3. The predicted molar refractivity (Wildman–Crippen MR) is 141 cm³/mol. The van der Waals surface area contributed by atoms with Crippen molar-refractivity contribution in [3.8, 4) is 17.3 Å². The summed E-state index contributed by atoms with van der Waals surface area (Å²) in [6.07, 6.45) is 0.793. The first kappa shape index (κ1) is 24.6. The molecule has 178 valence electrons. The van der Waals surface area contributed by atoms with E-state index >= 15 is 0 Å². The van der Waals surface area contributed by atoms with Crippen molar-refractivity contribution in [3.05, 3.63) is 69.8 Å². The van der Waals surface area contributed by atoms with Crippen LogP contribution >= 0.6 is 23.1 Å². The molecule has 0 atom stereocenters. The van der Waals surface area contributed by atoms with E-state index in [-0.39, 0.29) is 17.2 Å². The summed E-state index contributed by atoms with van der Waals surface area (Å²) in [5.74, 6) is -0.138. The number of fused-ring (bicyclic) bond motifs is 1. The van der Waals surface area contributed by atoms with Gasteiger partial charge < -0.3 is 10.2 Å². The number of thioether (sulfide) groups is 1. The van der Waals surface area contributed by atoms with Gasteiger partial charge in [0.05, 0.1) is 34.0 Å². The van der Waals surface area contributed by atoms with Crippen LogP contribution in [0.15, 0.2) is 63.9 Å². The highest BCUT2D eigenvalue weighted by Crippen LogP contribution is 2.26. The Morgan fingerprint density at radius 1 is 1.20 bits per heavy atom. The summed E-state index contributed by atoms with van der Waals surface area (Å²) in [6, 6.07) is 16.5. The van der Waals surface area contributed by atoms with Crippen molar-refractivity contribution in [2.75, 3.05) is 31.7 Å². The summed E-state index contributed by atoms with van der Waals surface area (Å²) < 4.78 is 1.66. The predicted octanol–water partition coefficient (Wildman–Crippen LogP) is 4.07. The monoisotopic (exact) mass is 504 g/mol. The van der Waals surface area contributed by atoms with E-state index in [0.717, 1.165) is 18.5 Å². The van der Waals surface area contributed by atoms with Crippen molar-refractivity contribution in [1.82, 2.24) is 19.4 Å². The van der Waals surface area contributed by atoms with Crippen molar-refractivity contribution in [3.63, 3.8) is 0 Å². The molecule has 0 aliphatic carbocycles. The van der Waals surface area contributed by atoms with E-state index in [4.69, 9.17) is 5.26 Å². The van der Waals surface area contributed by atoms with E-state index in [9.17, 15) is 9.59 Å². The largest absolute Gasteiger partial charge is 0.309 e. The Morgan fingerprint density at radius 2 is 2.03 bits per heavy atom. The number of benzene rings is 2. The lowest BCUT2D eigenvalue weighted by molar-refractivity contribution is -0.113. The van der Waals surface area contributed by atoms with Gasteiger partial charge in [0, 0.05) is 17.5 Å². The summed E-state index contributed by atoms with van der Waals surface area (Å²) >= 11 is 2.56. The van der Waals surface area contributed by atoms with Crippen LogP contribution in [-0.4, -0.2) is 51.7 Å². The number of anilines is 1. The number of hydrogen-bond acceptors (Lipinski definition) is 8. The molecule has 0 radical (unpaired) electrons. The molecule has 4 rings (SSSR count). The first-order chi connectivity index (χ1) is 16.9. The minimum absolute atomic E-state index is 0.0945. The van der Waals surface area contributed by atoms with Gasteiger partial charge in [0.25, 0.3) is 5.56 Å². The van der Waals surface area contributed by atoms with Crippen LogP contribution in [0, 0.1) is 11.3 Å². The van der Waals surface area contributed by atoms with E-state index in [0.29, 0.717) is 39.0 Å². The smallest absolute Gasteiger partial charge is 0.262 e. The Morgan fingerprint density at radius 3 is 2.83 bits per heavy atom. The Balaban J connectivity index is 1.47. The Kier molecular flexibility index (Phi) is 7.92. The molecule has 0 aliphatic rings. The molecule has 2 aromatic carbocycles. The molecule has 10 heteroatoms. The number of rotatable bonds is 9. The van der Waals surface area contributed by atoms with Crippen LogP contribution in [0.5, 0.6) is 0 Å². The number of carbonyl (C=O) groups is 1. The summed E-state index contributed by atoms with van der Waals surface area (Å²) in [5, 5.41) is 15.3. The number of thiazole rings is 1. The normalized spacial score (nSPS) is 11.0. The molecule has 35 heavy (non-hydrogen) atoms. The zero-order chi connectivity index (χ0) is 24.8. The van der Waals surface area contributed by atoms with E-state index in [1.807, 2.05) is 43.7 Å². The van der Waals surface area contributed by atoms with Gasteiger partial charge in [-0.15, -0.1) is 11.3 Å². The Hall–Kier alpha value is -3.52. The second-order valence-electron chi connectivity index (χ2n) is 8.09. The van der Waals surface area contributed by atoms with Gasteiger partial charge in [-0.2, -0.15) is 5.26 Å². The summed E-state index contributed by atoms with van der Waals surface area (Å²) in [5.41, 5.74) is 2.59. The third-order valence-electron chi connectivity index (χ3n) is 5.18. The third kappa shape index (κ3) is 6.14. The SMILES string of the molecule is CN(C)CCCn1c(SCC(=O)Nc2nc(-c3cccc(C#N)c3)cs2)nc2ccccc2c1=O. The van der Waals surface area contributed by atoms with Gasteiger partial charge in [0.15, 0.2) is 10.3 Å². The standard InChI is InChI=1S/C25H24N6O2S2/c1-30(2)11-6-12-31-23(33)19-9-3-4-10-20(19)28-25(31)35-16-22(32)29-24-27-21(15-34-24)18-8-5-7-17(13-18)14-26/h3-5,7-10,13,15H,6,11-12,16H2,1-2H3,(H,27,29,32). The van der Waals surface area contributed by atoms with Gasteiger partial charge in [0.1, 0.15) is 0 Å². The first-order valence-electron chi connectivity index (χ1n) is 11.0. The van der Waals surface area contributed by atoms with Crippen LogP contribution in [0.2, 0.25) is 0 Å². The number of nitrogens with zero attached hydrogens (tertiary/aromatic N) is 5. The summed E-state index contributed by atoms with van der Waals surface area (Å²) in [6.45, 7) is 1.36. The van der Waals surface area contributed by atoms with Gasteiger partial charge in [-0.3, -0.25) is 14.2 Å². The highest BCUT2D eigenvalue weighted by atomic mass is 32.2. The van der Waals surface area contributed by atoms with E-state index in [1.165, 1.54) is 23.1 Å². The van der Waals surface area contributed by atoms with Gasteiger partial charge in [-0.1, -0.05) is 36.0 Å². The Labute approximate surface area is 211 Å². The van der Waals surface area contributed by atoms with E-state index in [2.05, 4.69) is 26.3 Å². The number of nitriles is 1. The third-order valence-corrected chi connectivity index (χ3v) is 6.92. The van der Waals surface area contributed by atoms with Crippen molar-refractivity contribution in [1.29, 1.82) is 5.26 Å². The highest BCUT2D eigenvalue weighted by molar-refractivity contribution is 7.99. The average Bonchev–Trinajstić information content (AvgIpc) is 3.32. The topological polar surface area (TPSA) is 104 Å². The molecule has 1 amide bonds. The molecule has 0 saturated heterocycles. The maximum Gasteiger partial charge on any atom is 0.262 e. The maximum absolute atomic E-state index is 13.1. The van der Waals surface area contributed by atoms with Crippen molar-refractivity contribution >= 4 is 45.0 Å². The number of nitrogens with one attached hydrogen (secondary N) is 1. The molecule has 2 aromatic heterocycles. The molecular weight excluding hydrogens is 480 g/mol. The molecule has 0 unspecified atom stereocenters. The molecule has 0 fully saturated rings. The molecule has 2 heterocycles. The summed E-state index contributed by atoms with van der Waals surface area (Å²) in [4.78, 5) is 37.0. The van der Waals surface area contributed by atoms with E-state index < -0.39 is 0 Å². The number of hydrogen-bond donors (Lipinski definition) is 1. The second-order valence-corrected chi connectivity index (χ2v) is 9.89. The first-order valence-corrected chi connectivity index (χ1v) is 12.8. The minimum atomic E-state index is -0.232. The van der Waals surface area contributed by atoms with Crippen LogP contribution in [-0.2, 0) is 11.3 Å². The lowest BCUT2D eigenvalue weighted by Gasteiger charge is -2.14. The van der Waals surface area contributed by atoms with Gasteiger partial charge in [0.2, 0.25) is 5.91 Å². The maximum atomic E-state index is 13.1. The van der Waals surface area contributed by atoms with Crippen LogP contribution in [0.3, 0.4) is 0 Å². The molecule has 0 spiro atoms. The van der Waals surface area contributed by atoms with Crippen molar-refractivity contribution in [2.45, 2.75) is 18.1 Å². The van der Waals surface area contributed by atoms with Crippen LogP contribution in [0.25, 0.3) is 22.2 Å². The zero-order valence-corrected chi connectivity index (χ0v) is 21.0. The van der Waals surface area contributed by atoms with Crippen molar-refractivity contribution < 1.29 is 4.79 Å². The average molecular weight is 505 g/mol. The molecule has 8 nitrogen and oxygen atoms in total. The van der Waals surface area contributed by atoms with Crippen LogP contribution in [0.4, 0.5) is 5.13 Å². The van der Waals surface area contributed by atoms with Gasteiger partial charge in [-0.05, 0) is 51.3 Å². The fourth-order valence-corrected chi connectivity index (χ4v) is 5.06. The molecular formula is C25H24N6O2S2. The molecule has 0 bridgehead atoms. The fraction of sp³-hybridized carbons (Fsp3) is 0.240. The molecule has 1 N–H and O–H groups in total. The highest BCUT2D eigenvalue weighted by Gasteiger charge is 2.14. The lowest BCUT2D eigenvalue weighted by atomic mass is 10.1. The zero-order valence-electron chi connectivity index (χ0n) is 19.4. The lowest BCUT2D eigenvalue weighted by Crippen LogP contribution is -2.26. The van der Waals surface area contributed by atoms with Crippen LogP contribution in [0.1, 0.15) is 12.0 Å². The summed E-state index contributed by atoms with van der Waals surface area (Å²) in [7, 11) is 3.98. The fourth-order valence-electron chi connectivity index (χ4n) is 3.50. The molecule has 0 saturated carbocycles. The van der Waals surface area contributed by atoms with Crippen molar-refractivity contribution in [2.24, 2.45) is 0 Å². The van der Waals surface area contributed by atoms with Gasteiger partial charge in [-0.25, -0.2) is 9.97 Å². The quantitative estimate of drug-likeness (QED) is 0.271. The number of aromatic nitrogens is 3. The van der Waals surface area contributed by atoms with Crippen LogP contribution < -0.4 is 10.9 Å². The molecule has 4 aromatic rings.